The molecule has 2 amide bonds. The maximum Gasteiger partial charge on any atom is 1.00 e. The molecule has 408 valence electrons. The van der Waals surface area contributed by atoms with Crippen LogP contribution in [0, 0.1) is 11.8 Å². The Balaban J connectivity index is 0.000000392. The van der Waals surface area contributed by atoms with Crippen molar-refractivity contribution in [1.29, 1.82) is 0 Å². The van der Waals surface area contributed by atoms with E-state index in [0.29, 0.717) is 56.0 Å². The molecular formula is C50H69N6Na2O15PS2. The molecule has 0 aliphatic carbocycles. The van der Waals surface area contributed by atoms with Crippen molar-refractivity contribution in [3.8, 4) is 0 Å². The van der Waals surface area contributed by atoms with Crippen LogP contribution in [0.15, 0.2) is 119 Å². The van der Waals surface area contributed by atoms with Gasteiger partial charge in [-0.25, -0.2) is 26.4 Å². The number of benzene rings is 4. The van der Waals surface area contributed by atoms with Crippen LogP contribution in [0.1, 0.15) is 51.7 Å². The van der Waals surface area contributed by atoms with E-state index in [2.05, 4.69) is 10.6 Å². The third-order valence-corrected chi connectivity index (χ3v) is 15.9. The van der Waals surface area contributed by atoms with Crippen LogP contribution in [0.4, 0.5) is 21.0 Å². The molecule has 0 bridgehead atoms. The Morgan fingerprint density at radius 1 is 0.645 bits per heavy atom. The molecule has 6 atom stereocenters. The predicted molar refractivity (Wildman–Crippen MR) is 273 cm³/mol. The van der Waals surface area contributed by atoms with E-state index in [-0.39, 0.29) is 120 Å². The zero-order chi connectivity index (χ0) is 54.1. The number of alkyl carbamates (subject to hydrolysis) is 2. The van der Waals surface area contributed by atoms with Crippen LogP contribution in [0.5, 0.6) is 0 Å². The Morgan fingerprint density at radius 2 is 1.03 bits per heavy atom. The molecule has 0 radical (unpaired) electrons. The zero-order valence-corrected chi connectivity index (χ0v) is 50.5. The number of nitrogens with two attached hydrogens (primary N) is 2. The van der Waals surface area contributed by atoms with Crippen molar-refractivity contribution < 1.29 is 128 Å². The summed E-state index contributed by atoms with van der Waals surface area (Å²) in [6.45, 7) is 8.33. The predicted octanol–water partition coefficient (Wildman–Crippen LogP) is -2.33. The number of sulfonamides is 2. The summed E-state index contributed by atoms with van der Waals surface area (Å²) >= 11 is 0. The molecule has 6 unspecified atom stereocenters. The molecule has 4 aromatic carbocycles. The van der Waals surface area contributed by atoms with Gasteiger partial charge in [-0.1, -0.05) is 88.4 Å². The molecule has 21 nitrogen and oxygen atoms in total. The summed E-state index contributed by atoms with van der Waals surface area (Å²) in [4.78, 5) is 49.0. The third-order valence-electron chi connectivity index (χ3n) is 11.7. The minimum atomic E-state index is -5.62. The molecule has 0 saturated carbocycles. The van der Waals surface area contributed by atoms with Gasteiger partial charge in [0.15, 0.2) is 0 Å². The monoisotopic (exact) mass is 1130 g/mol. The van der Waals surface area contributed by atoms with Crippen LogP contribution in [0.3, 0.4) is 0 Å². The Bertz CT molecular complexity index is 2640. The fourth-order valence-corrected chi connectivity index (χ4v) is 11.8. The summed E-state index contributed by atoms with van der Waals surface area (Å²) in [7, 11) is -13.7. The molecule has 6 rings (SSSR count). The van der Waals surface area contributed by atoms with Crippen molar-refractivity contribution in [3.05, 3.63) is 120 Å². The topological polar surface area (TPSA) is 315 Å². The van der Waals surface area contributed by atoms with Gasteiger partial charge in [-0.05, 0) is 84.3 Å². The second-order valence-electron chi connectivity index (χ2n) is 18.9. The fraction of sp³-hybridized carbons (Fsp3) is 0.480. The maximum absolute atomic E-state index is 13.6. The normalized spacial score (nSPS) is 17.4. The maximum atomic E-state index is 13.6. The van der Waals surface area contributed by atoms with E-state index in [9.17, 15) is 45.9 Å². The van der Waals surface area contributed by atoms with Gasteiger partial charge in [-0.15, -0.1) is 0 Å². The van der Waals surface area contributed by atoms with Crippen molar-refractivity contribution in [2.24, 2.45) is 11.8 Å². The first-order valence-electron chi connectivity index (χ1n) is 24.3. The standard InChI is InChI=1S/C25H36N3O9PS.C25H35N3O6S.2Na/c1-18(2)15-28(39(33,34)22-10-8-20(26)9-11-22)16-24(37-38(30,31)32)23(14-19-6-4-3-5-7-19)27-25(29)36-21-12-13-35-17-21;1-18(2)15-28(35(31,32)22-10-8-20(26)9-11-22)16-24(29)23(14-19-6-4-3-5-7-19)27-25(30)34-21-12-13-33-17-21;;/h3-11,18,21,23-24H,12-17,26H2,1-2H3,(H,27,29)(H2,30,31,32);3-11,18,21,23-24,29H,12-17,26H2,1-2H3,(H,27,30);;/q;;2*+1/p-2. The molecule has 4 aromatic rings. The van der Waals surface area contributed by atoms with Crippen molar-refractivity contribution in [1.82, 2.24) is 19.2 Å². The van der Waals surface area contributed by atoms with Crippen molar-refractivity contribution >= 4 is 51.4 Å². The molecule has 0 spiro atoms. The number of phosphoric acid groups is 1. The molecule has 2 aliphatic rings. The van der Waals surface area contributed by atoms with E-state index in [1.807, 2.05) is 44.2 Å². The molecule has 2 fully saturated rings. The molecule has 7 N–H and O–H groups in total. The van der Waals surface area contributed by atoms with Gasteiger partial charge < -0.3 is 65.0 Å². The van der Waals surface area contributed by atoms with Gasteiger partial charge in [0.1, 0.15) is 12.2 Å². The Labute approximate surface area is 491 Å². The number of nitrogen functional groups attached to an aromatic ring is 2. The summed E-state index contributed by atoms with van der Waals surface area (Å²) in [6, 6.07) is 27.7. The fourth-order valence-electron chi connectivity index (χ4n) is 8.05. The number of phosphoric ester groups is 1. The molecular weight excluding hydrogens is 1070 g/mol. The molecule has 2 heterocycles. The number of rotatable bonds is 24. The third kappa shape index (κ3) is 22.5. The van der Waals surface area contributed by atoms with E-state index in [1.165, 1.54) is 52.8 Å². The van der Waals surface area contributed by atoms with Crippen molar-refractivity contribution in [2.45, 2.75) is 99.7 Å². The number of hydrogen-bond acceptors (Lipinski definition) is 17. The second-order valence-corrected chi connectivity index (χ2v) is 23.9. The molecule has 26 heteroatoms. The minimum Gasteiger partial charge on any atom is -0.790 e. The van der Waals surface area contributed by atoms with Crippen molar-refractivity contribution in [2.75, 3.05) is 64.1 Å². The van der Waals surface area contributed by atoms with E-state index in [0.717, 1.165) is 9.87 Å². The zero-order valence-electron chi connectivity index (χ0n) is 44.0. The van der Waals surface area contributed by atoms with Gasteiger partial charge in [-0.3, -0.25) is 0 Å². The smallest absolute Gasteiger partial charge is 0.790 e. The number of nitrogens with zero attached hydrogens (tertiary/aromatic N) is 2. The number of ether oxygens (including phenoxy) is 4. The van der Waals surface area contributed by atoms with E-state index in [4.69, 9.17) is 34.9 Å². The van der Waals surface area contributed by atoms with Crippen LogP contribution in [-0.4, -0.2) is 132 Å². The summed E-state index contributed by atoms with van der Waals surface area (Å²) < 4.78 is 94.3. The number of anilines is 2. The first-order chi connectivity index (χ1) is 35.0. The molecule has 2 saturated heterocycles. The van der Waals surface area contributed by atoms with E-state index >= 15 is 0 Å². The van der Waals surface area contributed by atoms with Crippen LogP contribution >= 0.6 is 7.82 Å². The van der Waals surface area contributed by atoms with Crippen LogP contribution in [-0.2, 0) is 60.9 Å². The second kappa shape index (κ2) is 32.2. The number of hydrogen-bond donors (Lipinski definition) is 5. The molecule has 0 aromatic heterocycles. The molecule has 2 aliphatic heterocycles. The van der Waals surface area contributed by atoms with Gasteiger partial charge >= 0.3 is 71.3 Å². The summed E-state index contributed by atoms with van der Waals surface area (Å²) in [5.74, 6) is -0.160. The first kappa shape index (κ1) is 67.1. The number of carbonyl (C=O) groups excluding carboxylic acids is 2. The van der Waals surface area contributed by atoms with Gasteiger partial charge in [0.25, 0.3) is 0 Å². The van der Waals surface area contributed by atoms with Crippen LogP contribution in [0.25, 0.3) is 0 Å². The summed E-state index contributed by atoms with van der Waals surface area (Å²) in [5, 5.41) is 16.5. The Hall–Kier alpha value is -3.17. The van der Waals surface area contributed by atoms with E-state index in [1.54, 1.807) is 44.2 Å². The number of aliphatic hydroxyl groups excluding tert-OH is 1. The van der Waals surface area contributed by atoms with Gasteiger partial charge in [-0.2, -0.15) is 8.61 Å². The Kier molecular flexibility index (Phi) is 28.4. The number of aliphatic hydroxyl groups is 1. The quantitative estimate of drug-likeness (QED) is 0.0279. The van der Waals surface area contributed by atoms with Crippen LogP contribution < -0.4 is 91.0 Å². The SMILES string of the molecule is CC(C)CN(CC(O)C(Cc1ccccc1)NC(=O)OC1CCOC1)S(=O)(=O)c1ccc(N)cc1.CC(C)CN(CC(OP(=O)([O-])[O-])C(Cc1ccccc1)NC(=O)OC1CCOC1)S(=O)(=O)c1ccc(N)cc1.[Na+].[Na+]. The van der Waals surface area contributed by atoms with E-state index < -0.39 is 77.0 Å². The average molecular weight is 1140 g/mol. The van der Waals surface area contributed by atoms with Crippen LogP contribution in [0.2, 0.25) is 0 Å². The van der Waals surface area contributed by atoms with Crippen molar-refractivity contribution in [3.63, 3.8) is 0 Å². The summed E-state index contributed by atoms with van der Waals surface area (Å²) in [6.07, 6.45) is -3.69. The average Bonchev–Trinajstić information content (AvgIpc) is 4.06. The number of amides is 2. The minimum absolute atomic E-state index is 0. The Morgan fingerprint density at radius 3 is 1.39 bits per heavy atom. The van der Waals surface area contributed by atoms with Gasteiger partial charge in [0.05, 0.1) is 68.3 Å². The molecule has 76 heavy (non-hydrogen) atoms. The number of carbonyl (C=O) groups is 2. The largest absolute Gasteiger partial charge is 1.00 e. The summed E-state index contributed by atoms with van der Waals surface area (Å²) in [5.41, 5.74) is 13.8. The van der Waals surface area contributed by atoms with Gasteiger partial charge in [0, 0.05) is 50.4 Å². The number of nitrogens with one attached hydrogen (secondary N) is 2. The van der Waals surface area contributed by atoms with Gasteiger partial charge in [0.2, 0.25) is 20.0 Å². The first-order valence-corrected chi connectivity index (χ1v) is 28.6.